The minimum Gasteiger partial charge on any atom is -0.478 e. The van der Waals surface area contributed by atoms with E-state index in [1.54, 1.807) is 32.0 Å². The lowest BCUT2D eigenvalue weighted by Gasteiger charge is -2.41. The Bertz CT molecular complexity index is 734. The summed E-state index contributed by atoms with van der Waals surface area (Å²) in [5.41, 5.74) is -2.76. The highest BCUT2D eigenvalue weighted by molar-refractivity contribution is 6.03. The van der Waals surface area contributed by atoms with Crippen molar-refractivity contribution >= 4 is 36.1 Å². The molecule has 1 aromatic heterocycles. The quantitative estimate of drug-likeness (QED) is 0.694. The molecule has 10 heteroatoms. The van der Waals surface area contributed by atoms with Crippen LogP contribution >= 0.6 is 12.4 Å². The molecule has 2 rings (SSSR count). The summed E-state index contributed by atoms with van der Waals surface area (Å²) < 4.78 is 10.2. The number of aliphatic hydroxyl groups is 1. The molecule has 1 aromatic rings. The van der Waals surface area contributed by atoms with E-state index >= 15 is 0 Å². The molecule has 2 atom stereocenters. The second-order valence-corrected chi connectivity index (χ2v) is 6.68. The Balaban J connectivity index is 0.00000364. The summed E-state index contributed by atoms with van der Waals surface area (Å²) in [7, 11) is 0. The molecule has 2 heterocycles. The number of aromatic nitrogens is 1. The maximum absolute atomic E-state index is 13.0. The van der Waals surface area contributed by atoms with Gasteiger partial charge in [0.25, 0.3) is 5.91 Å². The Morgan fingerprint density at radius 2 is 2.04 bits per heavy atom. The van der Waals surface area contributed by atoms with Crippen LogP contribution in [-0.4, -0.2) is 57.9 Å². The first kappa shape index (κ1) is 22.8. The number of hydrogen-bond acceptors (Lipinski definition) is 7. The van der Waals surface area contributed by atoms with Crippen molar-refractivity contribution in [1.82, 2.24) is 4.98 Å². The van der Waals surface area contributed by atoms with E-state index < -0.39 is 35.2 Å². The third-order valence-electron chi connectivity index (χ3n) is 4.03. The molecule has 27 heavy (non-hydrogen) atoms. The summed E-state index contributed by atoms with van der Waals surface area (Å²) >= 11 is 0. The summed E-state index contributed by atoms with van der Waals surface area (Å²) in [5, 5.41) is 19.5. The molecule has 1 aliphatic heterocycles. The zero-order chi connectivity index (χ0) is 19.7. The van der Waals surface area contributed by atoms with Gasteiger partial charge in [0, 0.05) is 6.92 Å². The predicted octanol–water partition coefficient (Wildman–Crippen LogP) is 0.869. The first-order valence-electron chi connectivity index (χ1n) is 8.02. The van der Waals surface area contributed by atoms with Gasteiger partial charge in [-0.2, -0.15) is 0 Å². The Morgan fingerprint density at radius 1 is 1.41 bits per heavy atom. The summed E-state index contributed by atoms with van der Waals surface area (Å²) in [6, 6.07) is 4.82. The Labute approximate surface area is 162 Å². The van der Waals surface area contributed by atoms with E-state index in [9.17, 15) is 24.6 Å². The molecule has 0 aromatic carbocycles. The van der Waals surface area contributed by atoms with Gasteiger partial charge >= 0.3 is 11.9 Å². The van der Waals surface area contributed by atoms with Gasteiger partial charge in [-0.3, -0.25) is 14.5 Å². The van der Waals surface area contributed by atoms with Crippen LogP contribution in [0, 0.1) is 0 Å². The van der Waals surface area contributed by atoms with Gasteiger partial charge in [0.1, 0.15) is 11.4 Å². The number of nitrogens with zero attached hydrogens (tertiary/aromatic N) is 2. The fourth-order valence-electron chi connectivity index (χ4n) is 2.67. The van der Waals surface area contributed by atoms with Gasteiger partial charge in [0.2, 0.25) is 6.10 Å². The van der Waals surface area contributed by atoms with Gasteiger partial charge in [-0.25, -0.2) is 9.78 Å². The van der Waals surface area contributed by atoms with Gasteiger partial charge in [0.05, 0.1) is 18.8 Å². The molecule has 0 radical (unpaired) electrons. The van der Waals surface area contributed by atoms with Crippen LogP contribution in [0.4, 0.5) is 5.82 Å². The summed E-state index contributed by atoms with van der Waals surface area (Å²) in [5.74, 6) is -2.78. The Morgan fingerprint density at radius 3 is 2.56 bits per heavy atom. The van der Waals surface area contributed by atoms with Crippen LogP contribution in [0.15, 0.2) is 18.2 Å². The standard InChI is InChI=1S/C17H22N2O7.ClH/c1-10(20)26-13(14(21)22)17(4)15(23)19(8-9-25-17)12-7-5-6-11(18-12)16(2,3)24;/h5-7,13,24H,8-9H2,1-4H3,(H,21,22);1H/t13-,17+;/m0./s1. The summed E-state index contributed by atoms with van der Waals surface area (Å²) in [4.78, 5) is 41.3. The molecule has 1 saturated heterocycles. The number of pyridine rings is 1. The molecular formula is C17H23ClN2O7. The summed E-state index contributed by atoms with van der Waals surface area (Å²) in [6.07, 6.45) is -1.80. The highest BCUT2D eigenvalue weighted by Gasteiger charge is 2.53. The van der Waals surface area contributed by atoms with E-state index in [4.69, 9.17) is 9.47 Å². The maximum atomic E-state index is 13.0. The molecule has 0 unspecified atom stereocenters. The second kappa shape index (κ2) is 8.20. The molecule has 150 valence electrons. The van der Waals surface area contributed by atoms with E-state index in [-0.39, 0.29) is 31.4 Å². The van der Waals surface area contributed by atoms with E-state index in [1.165, 1.54) is 11.8 Å². The summed E-state index contributed by atoms with van der Waals surface area (Å²) in [6.45, 7) is 5.61. The van der Waals surface area contributed by atoms with Crippen LogP contribution in [0.3, 0.4) is 0 Å². The fourth-order valence-corrected chi connectivity index (χ4v) is 2.67. The van der Waals surface area contributed by atoms with E-state index in [0.717, 1.165) is 6.92 Å². The predicted molar refractivity (Wildman–Crippen MR) is 96.6 cm³/mol. The molecule has 9 nitrogen and oxygen atoms in total. The van der Waals surface area contributed by atoms with Crippen molar-refractivity contribution in [2.24, 2.45) is 0 Å². The fraction of sp³-hybridized carbons (Fsp3) is 0.529. The SMILES string of the molecule is CC(=O)O[C@@H](C(=O)O)[C@@]1(C)OCCN(c2cccc(C(C)(C)O)n2)C1=O.Cl. The second-order valence-electron chi connectivity index (χ2n) is 6.68. The number of halogens is 1. The van der Waals surface area contributed by atoms with Crippen molar-refractivity contribution in [2.75, 3.05) is 18.1 Å². The molecule has 0 aliphatic carbocycles. The van der Waals surface area contributed by atoms with Crippen LogP contribution in [0.1, 0.15) is 33.4 Å². The largest absolute Gasteiger partial charge is 0.478 e. The van der Waals surface area contributed by atoms with Crippen molar-refractivity contribution in [2.45, 2.75) is 45.0 Å². The number of morpholine rings is 1. The minimum absolute atomic E-state index is 0. The highest BCUT2D eigenvalue weighted by Crippen LogP contribution is 2.29. The Kier molecular flexibility index (Phi) is 6.93. The zero-order valence-electron chi connectivity index (χ0n) is 15.5. The number of aliphatic carboxylic acids is 1. The number of carboxylic acids is 1. The van der Waals surface area contributed by atoms with Gasteiger partial charge in [0.15, 0.2) is 5.60 Å². The van der Waals surface area contributed by atoms with Crippen molar-refractivity contribution in [3.63, 3.8) is 0 Å². The molecule has 1 fully saturated rings. The van der Waals surface area contributed by atoms with Crippen molar-refractivity contribution < 1.29 is 34.1 Å². The van der Waals surface area contributed by atoms with Crippen molar-refractivity contribution in [3.8, 4) is 0 Å². The molecule has 0 saturated carbocycles. The number of carbonyl (C=O) groups is 3. The number of carbonyl (C=O) groups excluding carboxylic acids is 2. The lowest BCUT2D eigenvalue weighted by Crippen LogP contribution is -2.64. The number of esters is 1. The number of rotatable bonds is 5. The Hall–Kier alpha value is -2.23. The smallest absolute Gasteiger partial charge is 0.348 e. The van der Waals surface area contributed by atoms with Crippen LogP contribution < -0.4 is 4.90 Å². The highest BCUT2D eigenvalue weighted by atomic mass is 35.5. The molecular weight excluding hydrogens is 380 g/mol. The van der Waals surface area contributed by atoms with E-state index in [1.807, 2.05) is 0 Å². The first-order valence-corrected chi connectivity index (χ1v) is 8.02. The van der Waals surface area contributed by atoms with E-state index in [0.29, 0.717) is 5.69 Å². The number of anilines is 1. The van der Waals surface area contributed by atoms with Crippen molar-refractivity contribution in [3.05, 3.63) is 23.9 Å². The molecule has 2 N–H and O–H groups in total. The normalized spacial score (nSPS) is 21.2. The number of ether oxygens (including phenoxy) is 2. The molecule has 0 bridgehead atoms. The average molecular weight is 403 g/mol. The average Bonchev–Trinajstić information content (AvgIpc) is 2.54. The van der Waals surface area contributed by atoms with Gasteiger partial charge in [-0.15, -0.1) is 12.4 Å². The third-order valence-corrected chi connectivity index (χ3v) is 4.03. The van der Waals surface area contributed by atoms with Gasteiger partial charge in [-0.1, -0.05) is 6.07 Å². The van der Waals surface area contributed by atoms with Crippen LogP contribution in [0.2, 0.25) is 0 Å². The topological polar surface area (TPSA) is 126 Å². The van der Waals surface area contributed by atoms with Gasteiger partial charge in [-0.05, 0) is 32.9 Å². The first-order chi connectivity index (χ1) is 12.0. The molecule has 1 aliphatic rings. The molecule has 0 spiro atoms. The number of carboxylic acid groups (broad SMARTS) is 1. The van der Waals surface area contributed by atoms with Gasteiger partial charge < -0.3 is 19.7 Å². The van der Waals surface area contributed by atoms with Crippen LogP contribution in [0.25, 0.3) is 0 Å². The van der Waals surface area contributed by atoms with Crippen molar-refractivity contribution in [1.29, 1.82) is 0 Å². The zero-order valence-corrected chi connectivity index (χ0v) is 16.3. The number of hydrogen-bond donors (Lipinski definition) is 2. The van der Waals surface area contributed by atoms with E-state index in [2.05, 4.69) is 4.98 Å². The monoisotopic (exact) mass is 402 g/mol. The maximum Gasteiger partial charge on any atom is 0.348 e. The van der Waals surface area contributed by atoms with Crippen LogP contribution in [0.5, 0.6) is 0 Å². The van der Waals surface area contributed by atoms with Crippen LogP contribution in [-0.2, 0) is 29.5 Å². The lowest BCUT2D eigenvalue weighted by molar-refractivity contribution is -0.193. The number of amides is 1. The third kappa shape index (κ3) is 4.74. The minimum atomic E-state index is -1.90. The molecule has 1 amide bonds. The lowest BCUT2D eigenvalue weighted by atomic mass is 9.95.